The Hall–Kier alpha value is -2.47. The zero-order valence-electron chi connectivity index (χ0n) is 15.6. The smallest absolute Gasteiger partial charge is 0.143 e. The number of nitrogens with zero attached hydrogens (tertiary/aromatic N) is 5. The molecule has 0 saturated carbocycles. The number of aryl methyl sites for hydroxylation is 3. The third-order valence-corrected chi connectivity index (χ3v) is 5.28. The molecule has 1 aliphatic rings. The van der Waals surface area contributed by atoms with Crippen LogP contribution in [0, 0.1) is 13.8 Å². The first kappa shape index (κ1) is 17.0. The molecular weight excluding hydrogens is 326 g/mol. The largest absolute Gasteiger partial charge is 0.361 e. The fraction of sp³-hybridized carbons (Fsp3) is 0.450. The van der Waals surface area contributed by atoms with Gasteiger partial charge >= 0.3 is 0 Å². The molecule has 6 heteroatoms. The van der Waals surface area contributed by atoms with E-state index in [1.807, 2.05) is 38.0 Å². The van der Waals surface area contributed by atoms with E-state index in [9.17, 15) is 0 Å². The standard InChI is InChI=1S/C20H25N5O/c1-14-20(15(2)26-23-14)19-10-17(4-7-21-19)16-5-8-25(9-6-16)12-18-11-24(3)13-22-18/h4,7,10-11,13,16H,5-6,8-9,12H2,1-3H3. The van der Waals surface area contributed by atoms with Crippen molar-refractivity contribution < 1.29 is 4.52 Å². The number of likely N-dealkylation sites (tertiary alicyclic amines) is 1. The quantitative estimate of drug-likeness (QED) is 0.720. The van der Waals surface area contributed by atoms with Crippen LogP contribution in [0.3, 0.4) is 0 Å². The van der Waals surface area contributed by atoms with Crippen molar-refractivity contribution in [3.63, 3.8) is 0 Å². The third kappa shape index (κ3) is 3.42. The van der Waals surface area contributed by atoms with Crippen LogP contribution in [0.5, 0.6) is 0 Å². The molecule has 0 unspecified atom stereocenters. The second-order valence-electron chi connectivity index (χ2n) is 7.25. The van der Waals surface area contributed by atoms with Crippen LogP contribution in [0.1, 0.15) is 41.5 Å². The highest BCUT2D eigenvalue weighted by atomic mass is 16.5. The van der Waals surface area contributed by atoms with E-state index < -0.39 is 0 Å². The Morgan fingerprint density at radius 3 is 2.65 bits per heavy atom. The van der Waals surface area contributed by atoms with Crippen molar-refractivity contribution in [1.29, 1.82) is 0 Å². The van der Waals surface area contributed by atoms with E-state index >= 15 is 0 Å². The first-order valence-corrected chi connectivity index (χ1v) is 9.18. The molecule has 0 aromatic carbocycles. The molecule has 0 bridgehead atoms. The summed E-state index contributed by atoms with van der Waals surface area (Å²) in [6.45, 7) is 7.05. The van der Waals surface area contributed by atoms with Crippen molar-refractivity contribution in [2.75, 3.05) is 13.1 Å². The Kier molecular flexibility index (Phi) is 4.59. The Balaban J connectivity index is 1.44. The molecule has 1 aliphatic heterocycles. The number of pyridine rings is 1. The van der Waals surface area contributed by atoms with Gasteiger partial charge in [-0.05, 0) is 63.4 Å². The second kappa shape index (κ2) is 7.03. The van der Waals surface area contributed by atoms with Gasteiger partial charge in [-0.2, -0.15) is 0 Å². The first-order valence-electron chi connectivity index (χ1n) is 9.18. The summed E-state index contributed by atoms with van der Waals surface area (Å²) in [5.74, 6) is 1.41. The number of aromatic nitrogens is 4. The van der Waals surface area contributed by atoms with Gasteiger partial charge in [0.15, 0.2) is 0 Å². The highest BCUT2D eigenvalue weighted by molar-refractivity contribution is 5.64. The Morgan fingerprint density at radius 1 is 1.19 bits per heavy atom. The number of imidazole rings is 1. The van der Waals surface area contributed by atoms with Gasteiger partial charge < -0.3 is 9.09 Å². The van der Waals surface area contributed by atoms with Gasteiger partial charge in [0, 0.05) is 26.0 Å². The van der Waals surface area contributed by atoms with E-state index in [4.69, 9.17) is 4.52 Å². The van der Waals surface area contributed by atoms with Gasteiger partial charge in [0.2, 0.25) is 0 Å². The average Bonchev–Trinajstić information content (AvgIpc) is 3.20. The lowest BCUT2D eigenvalue weighted by atomic mass is 9.89. The topological polar surface area (TPSA) is 60.0 Å². The van der Waals surface area contributed by atoms with Crippen molar-refractivity contribution in [2.45, 2.75) is 39.2 Å². The molecule has 1 saturated heterocycles. The van der Waals surface area contributed by atoms with Gasteiger partial charge in [0.25, 0.3) is 0 Å². The molecule has 6 nitrogen and oxygen atoms in total. The summed E-state index contributed by atoms with van der Waals surface area (Å²) in [5.41, 5.74) is 5.41. The Morgan fingerprint density at radius 2 is 2.00 bits per heavy atom. The van der Waals surface area contributed by atoms with Crippen LogP contribution in [-0.4, -0.2) is 37.7 Å². The molecule has 0 atom stereocenters. The van der Waals surface area contributed by atoms with E-state index in [2.05, 4.69) is 38.4 Å². The Labute approximate surface area is 153 Å². The second-order valence-corrected chi connectivity index (χ2v) is 7.25. The third-order valence-electron chi connectivity index (χ3n) is 5.28. The van der Waals surface area contributed by atoms with Gasteiger partial charge in [-0.15, -0.1) is 0 Å². The molecule has 26 heavy (non-hydrogen) atoms. The SMILES string of the molecule is Cc1noc(C)c1-c1cc(C2CCN(Cc3cn(C)cn3)CC2)ccn1. The van der Waals surface area contributed by atoms with Crippen molar-refractivity contribution in [3.05, 3.63) is 53.6 Å². The van der Waals surface area contributed by atoms with Crippen LogP contribution in [0.2, 0.25) is 0 Å². The van der Waals surface area contributed by atoms with Crippen LogP contribution >= 0.6 is 0 Å². The fourth-order valence-corrected chi connectivity index (χ4v) is 3.89. The predicted octanol–water partition coefficient (Wildman–Crippen LogP) is 3.47. The fourth-order valence-electron chi connectivity index (χ4n) is 3.89. The Bertz CT molecular complexity index is 870. The highest BCUT2D eigenvalue weighted by Gasteiger charge is 2.22. The maximum Gasteiger partial charge on any atom is 0.143 e. The number of piperidine rings is 1. The molecule has 4 heterocycles. The molecule has 0 aliphatic carbocycles. The van der Waals surface area contributed by atoms with Gasteiger partial charge in [-0.25, -0.2) is 4.98 Å². The highest BCUT2D eigenvalue weighted by Crippen LogP contribution is 2.32. The first-order chi connectivity index (χ1) is 12.6. The minimum absolute atomic E-state index is 0.581. The molecule has 3 aromatic rings. The monoisotopic (exact) mass is 351 g/mol. The van der Waals surface area contributed by atoms with Crippen molar-refractivity contribution in [1.82, 2.24) is 24.6 Å². The van der Waals surface area contributed by atoms with E-state index in [0.717, 1.165) is 60.9 Å². The molecule has 4 rings (SSSR count). The van der Waals surface area contributed by atoms with Crippen LogP contribution in [0.15, 0.2) is 35.4 Å². The van der Waals surface area contributed by atoms with E-state index in [0.29, 0.717) is 5.92 Å². The maximum absolute atomic E-state index is 5.30. The van der Waals surface area contributed by atoms with E-state index in [1.54, 1.807) is 0 Å². The molecule has 0 spiro atoms. The number of hydrogen-bond acceptors (Lipinski definition) is 5. The van der Waals surface area contributed by atoms with Gasteiger partial charge in [0.05, 0.1) is 29.0 Å². The van der Waals surface area contributed by atoms with Crippen LogP contribution < -0.4 is 0 Å². The van der Waals surface area contributed by atoms with Crippen molar-refractivity contribution >= 4 is 0 Å². The van der Waals surface area contributed by atoms with Gasteiger partial charge in [-0.3, -0.25) is 9.88 Å². The summed E-state index contributed by atoms with van der Waals surface area (Å²) >= 11 is 0. The van der Waals surface area contributed by atoms with Gasteiger partial charge in [-0.1, -0.05) is 5.16 Å². The molecule has 0 radical (unpaired) electrons. The van der Waals surface area contributed by atoms with Crippen LogP contribution in [0.25, 0.3) is 11.3 Å². The zero-order chi connectivity index (χ0) is 18.1. The minimum Gasteiger partial charge on any atom is -0.361 e. The zero-order valence-corrected chi connectivity index (χ0v) is 15.6. The average molecular weight is 351 g/mol. The molecule has 0 N–H and O–H groups in total. The summed E-state index contributed by atoms with van der Waals surface area (Å²) in [6, 6.07) is 4.37. The summed E-state index contributed by atoms with van der Waals surface area (Å²) in [6.07, 6.45) is 8.21. The van der Waals surface area contributed by atoms with Crippen molar-refractivity contribution in [3.8, 4) is 11.3 Å². The lowest BCUT2D eigenvalue weighted by Crippen LogP contribution is -2.32. The lowest BCUT2D eigenvalue weighted by Gasteiger charge is -2.31. The molecule has 1 fully saturated rings. The molecular formula is C20H25N5O. The van der Waals surface area contributed by atoms with Crippen LogP contribution in [-0.2, 0) is 13.6 Å². The predicted molar refractivity (Wildman–Crippen MR) is 99.7 cm³/mol. The normalized spacial score (nSPS) is 16.3. The summed E-state index contributed by atoms with van der Waals surface area (Å²) in [4.78, 5) is 11.5. The van der Waals surface area contributed by atoms with E-state index in [1.165, 1.54) is 5.56 Å². The summed E-state index contributed by atoms with van der Waals surface area (Å²) < 4.78 is 7.31. The number of hydrogen-bond donors (Lipinski definition) is 0. The van der Waals surface area contributed by atoms with Crippen LogP contribution in [0.4, 0.5) is 0 Å². The lowest BCUT2D eigenvalue weighted by molar-refractivity contribution is 0.203. The number of rotatable bonds is 4. The molecule has 136 valence electrons. The minimum atomic E-state index is 0.581. The van der Waals surface area contributed by atoms with Crippen molar-refractivity contribution in [2.24, 2.45) is 7.05 Å². The van der Waals surface area contributed by atoms with E-state index in [-0.39, 0.29) is 0 Å². The summed E-state index contributed by atoms with van der Waals surface area (Å²) in [7, 11) is 2.02. The maximum atomic E-state index is 5.30. The summed E-state index contributed by atoms with van der Waals surface area (Å²) in [5, 5.41) is 4.06. The van der Waals surface area contributed by atoms with Gasteiger partial charge in [0.1, 0.15) is 5.76 Å². The molecule has 0 amide bonds. The molecule has 3 aromatic heterocycles.